The van der Waals surface area contributed by atoms with Crippen molar-refractivity contribution >= 4 is 51.5 Å². The Morgan fingerprint density at radius 1 is 0.893 bits per heavy atom. The number of benzene rings is 3. The monoisotopic (exact) mass is 1170 g/mol. The van der Waals surface area contributed by atoms with Crippen LogP contribution in [0.4, 0.5) is 16.3 Å². The zero-order chi connectivity index (χ0) is 58.9. The van der Waals surface area contributed by atoms with Crippen LogP contribution in [0, 0.1) is 31.1 Å². The van der Waals surface area contributed by atoms with E-state index in [1.54, 1.807) is 23.4 Å². The van der Waals surface area contributed by atoms with E-state index >= 15 is 0 Å². The lowest BCUT2D eigenvalue weighted by Gasteiger charge is -2.41. The molecule has 3 fully saturated rings. The first-order valence-corrected chi connectivity index (χ1v) is 29.9. The van der Waals surface area contributed by atoms with Crippen molar-refractivity contribution in [3.63, 3.8) is 0 Å². The number of amides is 4. The van der Waals surface area contributed by atoms with Gasteiger partial charge in [-0.1, -0.05) is 67.5 Å². The van der Waals surface area contributed by atoms with Crippen molar-refractivity contribution in [3.05, 3.63) is 106 Å². The Balaban J connectivity index is 0.680. The lowest BCUT2D eigenvalue weighted by molar-refractivity contribution is -0.141. The first kappa shape index (κ1) is 59.7. The second-order valence-electron chi connectivity index (χ2n) is 22.4. The molecule has 4 aliphatic heterocycles. The number of nitrogens with one attached hydrogen (secondary N) is 1. The normalized spacial score (nSPS) is 20.3. The molecule has 446 valence electrons. The highest BCUT2D eigenvalue weighted by molar-refractivity contribution is 7.13. The van der Waals surface area contributed by atoms with Gasteiger partial charge in [-0.05, 0) is 62.7 Å². The van der Waals surface area contributed by atoms with Crippen LogP contribution in [-0.4, -0.2) is 181 Å². The maximum absolute atomic E-state index is 14.0. The molecule has 10 rings (SSSR count). The van der Waals surface area contributed by atoms with Gasteiger partial charge in [-0.25, -0.2) is 9.78 Å². The predicted molar refractivity (Wildman–Crippen MR) is 316 cm³/mol. The first-order chi connectivity index (χ1) is 40.7. The Hall–Kier alpha value is -7.46. The van der Waals surface area contributed by atoms with Crippen molar-refractivity contribution in [1.29, 1.82) is 5.26 Å². The number of ether oxygens (including phenoxy) is 5. The van der Waals surface area contributed by atoms with Gasteiger partial charge in [0.1, 0.15) is 42.5 Å². The van der Waals surface area contributed by atoms with E-state index in [9.17, 15) is 24.8 Å². The van der Waals surface area contributed by atoms with Crippen molar-refractivity contribution in [3.8, 4) is 28.3 Å². The number of anilines is 2. The van der Waals surface area contributed by atoms with E-state index in [4.69, 9.17) is 43.9 Å². The van der Waals surface area contributed by atoms with Crippen LogP contribution >= 0.6 is 11.3 Å². The number of aliphatic hydroxyl groups excluding tert-OH is 1. The third kappa shape index (κ3) is 14.0. The highest BCUT2D eigenvalue weighted by Crippen LogP contribution is 2.37. The van der Waals surface area contributed by atoms with Crippen molar-refractivity contribution in [1.82, 2.24) is 40.1 Å². The van der Waals surface area contributed by atoms with Crippen molar-refractivity contribution in [2.75, 3.05) is 102 Å². The van der Waals surface area contributed by atoms with E-state index in [0.29, 0.717) is 95.5 Å². The van der Waals surface area contributed by atoms with Crippen LogP contribution in [0.3, 0.4) is 0 Å². The molecule has 4 amide bonds. The largest absolute Gasteiger partial charge is 0.491 e. The molecule has 0 saturated carbocycles. The lowest BCUT2D eigenvalue weighted by atomic mass is 9.91. The number of urea groups is 1. The zero-order valence-electron chi connectivity index (χ0n) is 48.5. The van der Waals surface area contributed by atoms with E-state index in [2.05, 4.69) is 85.7 Å². The summed E-state index contributed by atoms with van der Waals surface area (Å²) in [5, 5.41) is 29.7. The van der Waals surface area contributed by atoms with Crippen LogP contribution in [0.25, 0.3) is 21.2 Å². The number of nitriles is 1. The van der Waals surface area contributed by atoms with Gasteiger partial charge >= 0.3 is 12.0 Å². The van der Waals surface area contributed by atoms with E-state index in [1.807, 2.05) is 39.0 Å². The van der Waals surface area contributed by atoms with E-state index in [0.717, 1.165) is 64.0 Å². The summed E-state index contributed by atoms with van der Waals surface area (Å²) in [4.78, 5) is 65.5. The number of aliphatic hydroxyl groups is 1. The van der Waals surface area contributed by atoms with Gasteiger partial charge in [0.25, 0.3) is 0 Å². The number of hydrogen-bond donors (Lipinski definition) is 3. The summed E-state index contributed by atoms with van der Waals surface area (Å²) in [6, 6.07) is 23.2. The molecule has 6 atom stereocenters. The number of nitrogens with zero attached hydrogens (tertiary/aromatic N) is 10. The Morgan fingerprint density at radius 3 is 2.45 bits per heavy atom. The fourth-order valence-corrected chi connectivity index (χ4v) is 12.8. The van der Waals surface area contributed by atoms with Crippen LogP contribution in [0.2, 0.25) is 0 Å². The van der Waals surface area contributed by atoms with Crippen molar-refractivity contribution in [2.24, 2.45) is 11.7 Å². The lowest BCUT2D eigenvalue weighted by Crippen LogP contribution is -2.57. The maximum Gasteiger partial charge on any atom is 0.318 e. The van der Waals surface area contributed by atoms with Crippen molar-refractivity contribution < 1.29 is 47.7 Å². The zero-order valence-corrected chi connectivity index (χ0v) is 49.3. The van der Waals surface area contributed by atoms with Crippen LogP contribution in [-0.2, 0) is 43.3 Å². The summed E-state index contributed by atoms with van der Waals surface area (Å²) in [5.74, 6) is 0.350. The molecular formula is C61H76N12O10S. The third-order valence-electron chi connectivity index (χ3n) is 16.3. The second-order valence-corrected chi connectivity index (χ2v) is 23.3. The molecule has 6 aromatic rings. The summed E-state index contributed by atoms with van der Waals surface area (Å²) >= 11 is 1.53. The average molecular weight is 1170 g/mol. The number of aryl methyl sites for hydroxylation is 2. The number of β-amino-alcohol motifs (C(OH)–C–C–N with tert-alkyl or cyclic N) is 1. The number of primary amides is 1. The Labute approximate surface area is 493 Å². The first-order valence-electron chi connectivity index (χ1n) is 29.0. The van der Waals surface area contributed by atoms with Gasteiger partial charge < -0.3 is 64.0 Å². The van der Waals surface area contributed by atoms with Gasteiger partial charge in [0, 0.05) is 86.5 Å². The molecule has 7 heterocycles. The Morgan fingerprint density at radius 2 is 1.69 bits per heavy atom. The summed E-state index contributed by atoms with van der Waals surface area (Å²) in [6.07, 6.45) is 0.894. The van der Waals surface area contributed by atoms with E-state index in [-0.39, 0.29) is 68.5 Å². The topological polar surface area (TPSA) is 260 Å². The number of fused-ring (bicyclic) bond motifs is 2. The number of thiazole rings is 1. The van der Waals surface area contributed by atoms with Gasteiger partial charge in [0.05, 0.1) is 97.8 Å². The molecule has 3 aromatic carbocycles. The SMILES string of the molecule is Cc1cc([C@H](C(=O)N2C[C@H](O)C[C@H]2C(=O)NCc2ccc(-c3scnc3C)cc2OCCOCCOCCO[C@@H]2C[C@@H](COc3nc4c(c(N5CCN(C(N)=O)[C@@H](CC#N)C5)n3)CCN(c3cccc5ccccc35)C4)N(C)C2)C(C)C)on1. The average Bonchev–Trinajstić information content (AvgIpc) is 3.38. The highest BCUT2D eigenvalue weighted by Gasteiger charge is 2.43. The second kappa shape index (κ2) is 27.5. The van der Waals surface area contributed by atoms with Gasteiger partial charge in [0.2, 0.25) is 11.8 Å². The van der Waals surface area contributed by atoms with E-state index < -0.39 is 24.1 Å². The number of piperazine rings is 1. The number of likely N-dealkylation sites (N-methyl/N-ethyl adjacent to an activating group) is 1. The molecule has 84 heavy (non-hydrogen) atoms. The fraction of sp³-hybridized carbons (Fsp3) is 0.508. The molecule has 0 unspecified atom stereocenters. The number of carbonyl (C=O) groups excluding carboxylic acids is 3. The molecule has 0 spiro atoms. The number of aromatic nitrogens is 4. The quantitative estimate of drug-likeness (QED) is 0.0587. The number of nitrogens with two attached hydrogens (primary N) is 1. The van der Waals surface area contributed by atoms with Gasteiger partial charge in [-0.15, -0.1) is 11.3 Å². The molecular weight excluding hydrogens is 1090 g/mol. The summed E-state index contributed by atoms with van der Waals surface area (Å²) in [6.45, 7) is 13.6. The highest BCUT2D eigenvalue weighted by atomic mass is 32.1. The van der Waals surface area contributed by atoms with Crippen LogP contribution in [0.1, 0.15) is 73.0 Å². The van der Waals surface area contributed by atoms with Gasteiger partial charge in [-0.3, -0.25) is 14.5 Å². The minimum Gasteiger partial charge on any atom is -0.491 e. The third-order valence-corrected chi connectivity index (χ3v) is 17.3. The molecule has 0 aliphatic carbocycles. The molecule has 0 radical (unpaired) electrons. The fourth-order valence-electron chi connectivity index (χ4n) is 11.9. The van der Waals surface area contributed by atoms with Crippen LogP contribution in [0.5, 0.6) is 11.8 Å². The summed E-state index contributed by atoms with van der Waals surface area (Å²) in [7, 11) is 2.06. The Bertz CT molecular complexity index is 3290. The molecule has 0 bridgehead atoms. The molecule has 4 aliphatic rings. The molecule has 23 heteroatoms. The molecule has 3 aromatic heterocycles. The number of hydrogen-bond acceptors (Lipinski definition) is 19. The molecule has 3 saturated heterocycles. The predicted octanol–water partition coefficient (Wildman–Crippen LogP) is 6.00. The van der Waals surface area contributed by atoms with Crippen molar-refractivity contribution in [2.45, 2.75) is 103 Å². The minimum atomic E-state index is -0.862. The number of carbonyl (C=O) groups is 3. The van der Waals surface area contributed by atoms with Gasteiger partial charge in [0.15, 0.2) is 0 Å². The van der Waals surface area contributed by atoms with Crippen LogP contribution < -0.4 is 30.3 Å². The van der Waals surface area contributed by atoms with Gasteiger partial charge in [-0.2, -0.15) is 15.2 Å². The molecule has 4 N–H and O–H groups in total. The Kier molecular flexibility index (Phi) is 19.5. The number of rotatable bonds is 24. The summed E-state index contributed by atoms with van der Waals surface area (Å²) < 4.78 is 36.4. The smallest absolute Gasteiger partial charge is 0.318 e. The van der Waals surface area contributed by atoms with E-state index in [1.165, 1.54) is 27.0 Å². The maximum atomic E-state index is 14.0. The standard InChI is InChI=1S/C61H76N12O10S/c1-38(2)55(54-27-39(3)68-83-54)59(76)73-33-46(74)30-52(73)58(75)64-31-43-14-13-42(56-40(4)65-37-84-56)28-53(43)81-26-24-79-22-21-78-23-25-80-47-29-45(69(5)34-47)36-82-61-66-50-35-70(51-12-8-10-41-9-6-7-11-48(41)51)18-16-49(50)57(67-61)71-19-20-72(60(63)77)44(32-71)15-17-62/h6-14,27-28,37-38,44-47,52,55,74H,15-16,18-26,29-36H2,1-5H3,(H2,63,77)(H,64,75)/t44-,45-,46+,47+,52-,55+/m0/s1. The van der Waals surface area contributed by atoms with Crippen LogP contribution in [0.15, 0.2) is 76.8 Å². The summed E-state index contributed by atoms with van der Waals surface area (Å²) in [5.41, 5.74) is 13.9. The number of likely N-dealkylation sites (tertiary alicyclic amines) is 2. The minimum absolute atomic E-state index is 0.0163. The molecule has 22 nitrogen and oxygen atoms in total.